The van der Waals surface area contributed by atoms with E-state index in [1.807, 2.05) is 0 Å². The van der Waals surface area contributed by atoms with Crippen molar-refractivity contribution in [3.63, 3.8) is 0 Å². The first-order chi connectivity index (χ1) is 11.1. The minimum absolute atomic E-state index is 0.0686. The molecule has 1 aromatic heterocycles. The molecule has 1 amide bonds. The number of amides is 1. The third kappa shape index (κ3) is 6.04. The van der Waals surface area contributed by atoms with Crippen molar-refractivity contribution in [2.45, 2.75) is 17.2 Å². The van der Waals surface area contributed by atoms with E-state index >= 15 is 0 Å². The normalized spacial score (nSPS) is 16.7. The Kier molecular flexibility index (Phi) is 7.19. The van der Waals surface area contributed by atoms with Crippen molar-refractivity contribution < 1.29 is 13.6 Å². The van der Waals surface area contributed by atoms with Crippen molar-refractivity contribution in [1.29, 1.82) is 0 Å². The number of carbonyl (C=O) groups is 1. The Morgan fingerprint density at radius 1 is 1.39 bits per heavy atom. The summed E-state index contributed by atoms with van der Waals surface area (Å²) < 4.78 is 25.0. The van der Waals surface area contributed by atoms with Crippen molar-refractivity contribution in [2.75, 3.05) is 46.3 Å². The predicted octanol–water partition coefficient (Wildman–Crippen LogP) is 1.76. The van der Waals surface area contributed by atoms with E-state index in [0.29, 0.717) is 18.3 Å². The summed E-state index contributed by atoms with van der Waals surface area (Å²) in [5, 5.41) is 2.86. The van der Waals surface area contributed by atoms with Crippen LogP contribution in [0.4, 0.5) is 8.78 Å². The second-order valence-corrected chi connectivity index (χ2v) is 6.47. The molecule has 0 radical (unpaired) electrons. The molecule has 1 fully saturated rings. The van der Waals surface area contributed by atoms with Crippen LogP contribution in [-0.4, -0.2) is 72.8 Å². The van der Waals surface area contributed by atoms with Gasteiger partial charge in [-0.05, 0) is 43.9 Å². The maximum absolute atomic E-state index is 12.5. The van der Waals surface area contributed by atoms with E-state index in [1.54, 1.807) is 6.07 Å². The molecule has 23 heavy (non-hydrogen) atoms. The predicted molar refractivity (Wildman–Crippen MR) is 87.0 cm³/mol. The summed E-state index contributed by atoms with van der Waals surface area (Å²) in [5.41, 5.74) is 0.206. The van der Waals surface area contributed by atoms with Crippen LogP contribution in [0.25, 0.3) is 0 Å². The summed E-state index contributed by atoms with van der Waals surface area (Å²) in [7, 11) is 2.11. The average Bonchev–Trinajstić information content (AvgIpc) is 2.53. The molecule has 1 aliphatic rings. The van der Waals surface area contributed by atoms with Crippen molar-refractivity contribution in [2.24, 2.45) is 0 Å². The first-order valence-corrected chi connectivity index (χ1v) is 8.53. The molecule has 8 heteroatoms. The number of nitrogens with one attached hydrogen (secondary N) is 1. The topological polar surface area (TPSA) is 48.5 Å². The van der Waals surface area contributed by atoms with Crippen LogP contribution in [-0.2, 0) is 0 Å². The summed E-state index contributed by atoms with van der Waals surface area (Å²) in [6.07, 6.45) is 2.25. The molecular weight excluding hydrogens is 322 g/mol. The number of nitrogens with zero attached hydrogens (tertiary/aromatic N) is 3. The molecule has 0 aliphatic carbocycles. The number of rotatable bonds is 7. The first-order valence-electron chi connectivity index (χ1n) is 7.65. The van der Waals surface area contributed by atoms with Crippen molar-refractivity contribution in [1.82, 2.24) is 20.1 Å². The van der Waals surface area contributed by atoms with Gasteiger partial charge in [0.1, 0.15) is 5.03 Å². The van der Waals surface area contributed by atoms with Gasteiger partial charge in [0.2, 0.25) is 0 Å². The van der Waals surface area contributed by atoms with E-state index in [-0.39, 0.29) is 16.5 Å². The molecule has 1 saturated heterocycles. The van der Waals surface area contributed by atoms with E-state index in [9.17, 15) is 13.6 Å². The van der Waals surface area contributed by atoms with Gasteiger partial charge in [-0.1, -0.05) is 0 Å². The van der Waals surface area contributed by atoms with Crippen LogP contribution in [0.3, 0.4) is 0 Å². The monoisotopic (exact) mass is 344 g/mol. The van der Waals surface area contributed by atoms with Gasteiger partial charge < -0.3 is 15.1 Å². The smallest absolute Gasteiger partial charge is 0.290 e. The summed E-state index contributed by atoms with van der Waals surface area (Å²) in [6.45, 7) is 5.68. The molecule has 0 aromatic carbocycles. The van der Waals surface area contributed by atoms with Gasteiger partial charge in [-0.2, -0.15) is 8.78 Å². The molecule has 5 nitrogen and oxygen atoms in total. The largest absolute Gasteiger partial charge is 0.352 e. The number of piperazine rings is 1. The second-order valence-electron chi connectivity index (χ2n) is 5.49. The molecule has 1 aliphatic heterocycles. The molecular formula is C15H22F2N4OS. The molecule has 0 saturated carbocycles. The lowest BCUT2D eigenvalue weighted by Gasteiger charge is -2.32. The average molecular weight is 344 g/mol. The Balaban J connectivity index is 1.74. The fourth-order valence-corrected chi connectivity index (χ4v) is 2.99. The molecule has 2 heterocycles. The fraction of sp³-hybridized carbons (Fsp3) is 0.600. The zero-order chi connectivity index (χ0) is 16.7. The molecule has 1 N–H and O–H groups in total. The van der Waals surface area contributed by atoms with E-state index in [4.69, 9.17) is 0 Å². The van der Waals surface area contributed by atoms with Gasteiger partial charge in [0.15, 0.2) is 0 Å². The van der Waals surface area contributed by atoms with E-state index < -0.39 is 5.76 Å². The molecule has 0 atom stereocenters. The van der Waals surface area contributed by atoms with Gasteiger partial charge in [0.05, 0.1) is 5.56 Å². The standard InChI is InChI=1S/C15H22F2N4OS/c1-20-8-10-21(11-9-20)7-3-6-18-13(22)12-4-2-5-19-14(12)23-15(16)17/h2,4-5,15H,3,6-11H2,1H3,(H,18,22). The van der Waals surface area contributed by atoms with Crippen molar-refractivity contribution in [3.05, 3.63) is 23.9 Å². The SMILES string of the molecule is CN1CCN(CCCNC(=O)c2cccnc2SC(F)F)CC1. The molecule has 2 rings (SSSR count). The van der Waals surface area contributed by atoms with Crippen LogP contribution in [0.2, 0.25) is 0 Å². The quantitative estimate of drug-likeness (QED) is 0.603. The minimum atomic E-state index is -2.59. The molecule has 0 spiro atoms. The van der Waals surface area contributed by atoms with Gasteiger partial charge in [-0.3, -0.25) is 4.79 Å². The highest BCUT2D eigenvalue weighted by Gasteiger charge is 2.17. The van der Waals surface area contributed by atoms with Gasteiger partial charge in [-0.25, -0.2) is 4.98 Å². The number of halogens is 2. The van der Waals surface area contributed by atoms with Crippen LogP contribution in [0.5, 0.6) is 0 Å². The van der Waals surface area contributed by atoms with Crippen molar-refractivity contribution >= 4 is 17.7 Å². The van der Waals surface area contributed by atoms with E-state index in [2.05, 4.69) is 27.1 Å². The number of hydrogen-bond acceptors (Lipinski definition) is 5. The number of aromatic nitrogens is 1. The Morgan fingerprint density at radius 3 is 2.83 bits per heavy atom. The van der Waals surface area contributed by atoms with Gasteiger partial charge >= 0.3 is 0 Å². The van der Waals surface area contributed by atoms with Crippen molar-refractivity contribution in [3.8, 4) is 0 Å². The minimum Gasteiger partial charge on any atom is -0.352 e. The highest BCUT2D eigenvalue weighted by atomic mass is 32.2. The Bertz CT molecular complexity index is 510. The lowest BCUT2D eigenvalue weighted by Crippen LogP contribution is -2.45. The third-order valence-corrected chi connectivity index (χ3v) is 4.48. The number of pyridine rings is 1. The Labute approximate surface area is 139 Å². The lowest BCUT2D eigenvalue weighted by atomic mass is 10.2. The van der Waals surface area contributed by atoms with Gasteiger partial charge in [0.25, 0.3) is 11.7 Å². The third-order valence-electron chi connectivity index (χ3n) is 3.75. The number of likely N-dealkylation sites (N-methyl/N-ethyl adjacent to an activating group) is 1. The van der Waals surface area contributed by atoms with Crippen LogP contribution in [0.1, 0.15) is 16.8 Å². The van der Waals surface area contributed by atoms with Crippen LogP contribution >= 0.6 is 11.8 Å². The van der Waals surface area contributed by atoms with Gasteiger partial charge in [0, 0.05) is 38.9 Å². The van der Waals surface area contributed by atoms with Crippen LogP contribution in [0, 0.1) is 0 Å². The highest BCUT2D eigenvalue weighted by molar-refractivity contribution is 7.99. The maximum atomic E-state index is 12.5. The summed E-state index contributed by atoms with van der Waals surface area (Å²) in [5.74, 6) is -2.94. The van der Waals surface area contributed by atoms with E-state index in [1.165, 1.54) is 12.3 Å². The number of thioether (sulfide) groups is 1. The Hall–Kier alpha value is -1.25. The summed E-state index contributed by atoms with van der Waals surface area (Å²) in [4.78, 5) is 20.6. The molecule has 1 aromatic rings. The molecule has 0 bridgehead atoms. The lowest BCUT2D eigenvalue weighted by molar-refractivity contribution is 0.0945. The zero-order valence-corrected chi connectivity index (χ0v) is 14.0. The first kappa shape index (κ1) is 18.1. The number of hydrogen-bond donors (Lipinski definition) is 1. The number of alkyl halides is 2. The maximum Gasteiger partial charge on any atom is 0.290 e. The fourth-order valence-electron chi connectivity index (χ4n) is 2.41. The van der Waals surface area contributed by atoms with E-state index in [0.717, 1.165) is 39.1 Å². The molecule has 128 valence electrons. The van der Waals surface area contributed by atoms with Gasteiger partial charge in [-0.15, -0.1) is 0 Å². The van der Waals surface area contributed by atoms with Crippen LogP contribution in [0.15, 0.2) is 23.4 Å². The highest BCUT2D eigenvalue weighted by Crippen LogP contribution is 2.26. The Morgan fingerprint density at radius 2 is 2.13 bits per heavy atom. The number of carbonyl (C=O) groups excluding carboxylic acids is 1. The van der Waals surface area contributed by atoms with Crippen LogP contribution < -0.4 is 5.32 Å². The second kappa shape index (κ2) is 9.14. The summed E-state index contributed by atoms with van der Waals surface area (Å²) >= 11 is 0.297. The molecule has 0 unspecified atom stereocenters. The summed E-state index contributed by atoms with van der Waals surface area (Å²) in [6, 6.07) is 3.10. The zero-order valence-electron chi connectivity index (χ0n) is 13.2.